The fourth-order valence-electron chi connectivity index (χ4n) is 2.36. The number of nitrogens with one attached hydrogen (secondary N) is 1. The van der Waals surface area contributed by atoms with E-state index in [2.05, 4.69) is 10.1 Å². The van der Waals surface area contributed by atoms with Gasteiger partial charge in [0.25, 0.3) is 0 Å². The van der Waals surface area contributed by atoms with Crippen LogP contribution in [0.3, 0.4) is 0 Å². The number of anilines is 1. The van der Waals surface area contributed by atoms with Crippen LogP contribution in [-0.2, 0) is 9.36 Å². The Morgan fingerprint density at radius 2 is 2.10 bits per heavy atom. The normalized spacial score (nSPS) is 28.3. The topological polar surface area (TPSA) is 102 Å². The number of amides is 1. The summed E-state index contributed by atoms with van der Waals surface area (Å²) in [7, 11) is -3.93. The molecule has 0 bridgehead atoms. The Morgan fingerprint density at radius 3 is 2.71 bits per heavy atom. The molecule has 1 amide bonds. The van der Waals surface area contributed by atoms with E-state index in [1.165, 1.54) is 6.07 Å². The fraction of sp³-hybridized carbons (Fsp3) is 0.0909. The molecule has 1 unspecified atom stereocenters. The van der Waals surface area contributed by atoms with E-state index in [0.29, 0.717) is 5.69 Å². The van der Waals surface area contributed by atoms with Crippen LogP contribution < -0.4 is 10.6 Å². The van der Waals surface area contributed by atoms with Crippen molar-refractivity contribution in [2.24, 2.45) is 4.76 Å². The van der Waals surface area contributed by atoms with Gasteiger partial charge in [-0.05, 0) is 0 Å². The molecule has 0 spiro atoms. The number of aliphatic hydroxyl groups excluding tert-OH is 1. The number of hydrogen-bond donors (Lipinski definition) is 3. The van der Waals surface area contributed by atoms with E-state index in [0.717, 1.165) is 0 Å². The Kier molecular flexibility index (Phi) is 5.04. The van der Waals surface area contributed by atoms with Crippen LogP contribution in [0.2, 0.25) is 0 Å². The van der Waals surface area contributed by atoms with E-state index in [1.807, 2.05) is 0 Å². The first-order valence-corrected chi connectivity index (χ1v) is 14.9. The van der Waals surface area contributed by atoms with E-state index in [9.17, 15) is 19.4 Å². The maximum absolute atomic E-state index is 12.3. The number of fused-ring (bicyclic) bond motifs is 1. The van der Waals surface area contributed by atoms with E-state index < -0.39 is 7.52 Å². The molecular weight excluding hydrogens is 581 g/mol. The number of rotatable bonds is 1. The number of benzene rings is 1. The van der Waals surface area contributed by atoms with Crippen LogP contribution in [0.25, 0.3) is 0 Å². The van der Waals surface area contributed by atoms with Crippen molar-refractivity contribution in [1.29, 1.82) is 0 Å². The van der Waals surface area contributed by atoms with Crippen molar-refractivity contribution in [3.05, 3.63) is 35.6 Å². The summed E-state index contributed by atoms with van der Waals surface area (Å²) in [4.78, 5) is 22.3. The average Bonchev–Trinajstić information content (AvgIpc) is 2.62. The van der Waals surface area contributed by atoms with Crippen LogP contribution in [0.15, 0.2) is 40.4 Å². The van der Waals surface area contributed by atoms with Crippen molar-refractivity contribution in [3.8, 4) is 0 Å². The van der Waals surface area contributed by atoms with E-state index in [4.69, 9.17) is 0 Å². The molecule has 2 aliphatic rings. The first-order chi connectivity index (χ1) is 9.83. The third kappa shape index (κ3) is 2.97. The monoisotopic (exact) mass is 589 g/mol. The zero-order chi connectivity index (χ0) is 15.4. The summed E-state index contributed by atoms with van der Waals surface area (Å²) in [5.74, 6) is -0.294. The molecule has 0 radical (unpaired) electrons. The molecule has 0 saturated carbocycles. The summed E-state index contributed by atoms with van der Waals surface area (Å²) in [6.45, 7) is 0. The Balaban J connectivity index is 2.13. The summed E-state index contributed by atoms with van der Waals surface area (Å²) >= 11 is -0.189. The standard InChI is InChI=1S/C11H8N3O4P.Ra.Rb.H/c15-7-5-12-11(16)9(7)10-13-6-3-1-2-4-8(6)19(17,18)14-10;;;/h1-5H,(H3-,12,13,14,15,16,17,18);;;/q-1;;+1;. The number of nitrogens with zero attached hydrogens (tertiary/aromatic N) is 2. The Morgan fingerprint density at radius 1 is 1.43 bits per heavy atom. The Hall–Kier alpha value is 1.16. The molecule has 2 atom stereocenters. The van der Waals surface area contributed by atoms with E-state index in [-0.39, 0.29) is 128 Å². The summed E-state index contributed by atoms with van der Waals surface area (Å²) in [5, 5.41) is 13.3. The number of hydrogen-bond acceptors (Lipinski definition) is 4. The van der Waals surface area contributed by atoms with E-state index in [1.54, 1.807) is 16.8 Å². The second-order valence-electron chi connectivity index (χ2n) is 4.99. The molecular formula is C11H9N3O4PRaRb. The van der Waals surface area contributed by atoms with Crippen LogP contribution in [0.1, 0.15) is 0 Å². The van der Waals surface area contributed by atoms with Crippen LogP contribution >= 0.6 is 7.52 Å². The average molecular weight is 590 g/mol. The second-order valence-corrected chi connectivity index (χ2v) is 13.6. The van der Waals surface area contributed by atoms with Gasteiger partial charge in [0.1, 0.15) is 0 Å². The van der Waals surface area contributed by atoms with Crippen LogP contribution in [0, 0.1) is 42.8 Å². The molecule has 0 saturated heterocycles. The van der Waals surface area contributed by atoms with Crippen molar-refractivity contribution in [1.82, 2.24) is -1.36 Å². The minimum absolute atomic E-state index is 0.000746. The van der Waals surface area contributed by atoms with Gasteiger partial charge >= 0.3 is 194 Å². The fourth-order valence-corrected chi connectivity index (χ4v) is 6.92. The molecule has 0 aliphatic carbocycles. The molecule has 2 aliphatic heterocycles. The second kappa shape index (κ2) is 6.23. The maximum atomic E-state index is 12.3. The quantitative estimate of drug-likeness (QED) is 0.390. The summed E-state index contributed by atoms with van der Waals surface area (Å²) in [5.41, 5.74) is 0.491. The number of carbonyl (C=O) groups is 1. The zero-order valence-electron chi connectivity index (χ0n) is 11.4. The molecule has 3 rings (SSSR count). The molecule has 1 aromatic carbocycles. The van der Waals surface area contributed by atoms with Gasteiger partial charge in [0.15, 0.2) is 0 Å². The van der Waals surface area contributed by atoms with Gasteiger partial charge in [0.2, 0.25) is 0 Å². The summed E-state index contributed by atoms with van der Waals surface area (Å²) in [6, 6.07) is 6.55. The number of para-hydroxylation sites is 1. The predicted octanol–water partition coefficient (Wildman–Crippen LogP) is -0.333. The van der Waals surface area contributed by atoms with Gasteiger partial charge in [-0.2, -0.15) is 0 Å². The van der Waals surface area contributed by atoms with Crippen LogP contribution in [0.4, 0.5) is 5.69 Å². The van der Waals surface area contributed by atoms with Gasteiger partial charge in [0, 0.05) is 0 Å². The van der Waals surface area contributed by atoms with Crippen LogP contribution in [-0.4, -0.2) is 77.5 Å². The third-order valence-electron chi connectivity index (χ3n) is 3.71. The number of aliphatic hydroxyl groups is 1. The first-order valence-electron chi connectivity index (χ1n) is 6.33. The molecule has 0 aromatic heterocycles. The van der Waals surface area contributed by atoms with Gasteiger partial charge in [-0.3, -0.25) is 0 Å². The van der Waals surface area contributed by atoms with E-state index >= 15 is 0 Å². The molecule has 3 N–H and O–H groups in total. The molecule has 100 valence electrons. The zero-order valence-corrected chi connectivity index (χ0v) is 25.5. The SMILES string of the molecule is O=C1C(C2=NP(=O)(O)c3ccccc3N2)=C(O)[C@H]([RaH])[N]1[Rb]. The minimum atomic E-state index is -3.93. The first kappa shape index (κ1) is 17.0. The number of amidine groups is 1. The van der Waals surface area contributed by atoms with Gasteiger partial charge in [-0.25, -0.2) is 0 Å². The predicted molar refractivity (Wildman–Crippen MR) is 74.4 cm³/mol. The van der Waals surface area contributed by atoms with Crippen molar-refractivity contribution < 1.29 is 62.2 Å². The Bertz CT molecular complexity index is 766. The number of carbonyl (C=O) groups excluding carboxylic acids is 1. The van der Waals surface area contributed by atoms with Gasteiger partial charge in [-0.1, -0.05) is 0 Å². The molecule has 2 heterocycles. The third-order valence-corrected chi connectivity index (χ3v) is 24.0. The molecule has 7 nitrogen and oxygen atoms in total. The van der Waals surface area contributed by atoms with Gasteiger partial charge < -0.3 is 0 Å². The molecule has 1 aromatic rings. The van der Waals surface area contributed by atoms with Crippen molar-refractivity contribution in [3.63, 3.8) is 0 Å². The summed E-state index contributed by atoms with van der Waals surface area (Å²) in [6.07, 6.45) is 0. The molecule has 0 fully saturated rings. The van der Waals surface area contributed by atoms with Crippen LogP contribution in [0.5, 0.6) is 0 Å². The molecule has 21 heavy (non-hydrogen) atoms. The Labute approximate surface area is 189 Å². The van der Waals surface area contributed by atoms with Crippen molar-refractivity contribution in [2.75, 3.05) is 5.32 Å². The van der Waals surface area contributed by atoms with Gasteiger partial charge in [-0.15, -0.1) is 0 Å². The van der Waals surface area contributed by atoms with Crippen molar-refractivity contribution >= 4 is 86.3 Å². The molecule has 10 heteroatoms. The van der Waals surface area contributed by atoms with Crippen molar-refractivity contribution in [2.45, 2.75) is 1.08 Å². The summed E-state index contributed by atoms with van der Waals surface area (Å²) < 4.78 is 17.6. The van der Waals surface area contributed by atoms with Gasteiger partial charge in [0.05, 0.1) is 0 Å².